The van der Waals surface area contributed by atoms with E-state index in [1.165, 1.54) is 11.8 Å². The van der Waals surface area contributed by atoms with E-state index in [0.717, 1.165) is 16.8 Å². The van der Waals surface area contributed by atoms with Gasteiger partial charge in [-0.3, -0.25) is 9.36 Å². The first kappa shape index (κ1) is 20.8. The molecule has 4 rings (SSSR count). The fourth-order valence-corrected chi connectivity index (χ4v) is 3.71. The van der Waals surface area contributed by atoms with Crippen molar-refractivity contribution in [3.8, 4) is 17.1 Å². The average Bonchev–Trinajstić information content (AvgIpc) is 3.23. The molecule has 31 heavy (non-hydrogen) atoms. The van der Waals surface area contributed by atoms with Crippen LogP contribution in [0, 0.1) is 0 Å². The highest BCUT2D eigenvalue weighted by molar-refractivity contribution is 7.99. The molecule has 0 atom stereocenters. The lowest BCUT2D eigenvalue weighted by molar-refractivity contribution is -0.118. The Morgan fingerprint density at radius 2 is 1.65 bits per heavy atom. The molecule has 1 amide bonds. The van der Waals surface area contributed by atoms with Crippen molar-refractivity contribution in [1.82, 2.24) is 20.2 Å². The Morgan fingerprint density at radius 3 is 2.35 bits per heavy atom. The molecule has 1 aromatic heterocycles. The molecule has 6 nitrogen and oxygen atoms in total. The van der Waals surface area contributed by atoms with Gasteiger partial charge in [0.15, 0.2) is 11.0 Å². The maximum Gasteiger partial charge on any atom is 0.250 e. The lowest BCUT2D eigenvalue weighted by atomic mass is 10.2. The van der Waals surface area contributed by atoms with Crippen LogP contribution < -0.4 is 5.43 Å². The molecule has 0 bridgehead atoms. The van der Waals surface area contributed by atoms with Gasteiger partial charge in [-0.05, 0) is 29.8 Å². The summed E-state index contributed by atoms with van der Waals surface area (Å²) in [6.45, 7) is 0. The summed E-state index contributed by atoms with van der Waals surface area (Å²) in [7, 11) is 0. The maximum atomic E-state index is 12.3. The fraction of sp³-hybridized carbons (Fsp3) is 0.0435. The topological polar surface area (TPSA) is 72.2 Å². The van der Waals surface area contributed by atoms with Gasteiger partial charge in [-0.2, -0.15) is 5.10 Å². The van der Waals surface area contributed by atoms with Gasteiger partial charge in [0, 0.05) is 16.3 Å². The van der Waals surface area contributed by atoms with Crippen molar-refractivity contribution in [3.63, 3.8) is 0 Å². The maximum absolute atomic E-state index is 12.3. The molecule has 1 N–H and O–H groups in total. The molecule has 0 spiro atoms. The molecule has 0 aliphatic carbocycles. The highest BCUT2D eigenvalue weighted by atomic mass is 35.5. The predicted octanol–water partition coefficient (Wildman–Crippen LogP) is 4.83. The highest BCUT2D eigenvalue weighted by Gasteiger charge is 2.17. The molecule has 0 fully saturated rings. The minimum atomic E-state index is -0.232. The van der Waals surface area contributed by atoms with E-state index in [2.05, 4.69) is 20.7 Å². The lowest BCUT2D eigenvalue weighted by Crippen LogP contribution is -2.20. The van der Waals surface area contributed by atoms with E-state index in [4.69, 9.17) is 11.6 Å². The summed E-state index contributed by atoms with van der Waals surface area (Å²) in [5, 5.41) is 13.9. The average molecular weight is 448 g/mol. The van der Waals surface area contributed by atoms with E-state index < -0.39 is 0 Å². The number of halogens is 1. The molecule has 0 saturated heterocycles. The summed E-state index contributed by atoms with van der Waals surface area (Å²) < 4.78 is 1.91. The summed E-state index contributed by atoms with van der Waals surface area (Å²) in [5.41, 5.74) is 5.23. The monoisotopic (exact) mass is 447 g/mol. The Labute approximate surface area is 189 Å². The number of nitrogens with zero attached hydrogens (tertiary/aromatic N) is 4. The molecule has 0 aliphatic heterocycles. The van der Waals surface area contributed by atoms with Crippen LogP contribution in [-0.2, 0) is 4.79 Å². The summed E-state index contributed by atoms with van der Waals surface area (Å²) in [5.74, 6) is 0.601. The van der Waals surface area contributed by atoms with Crippen LogP contribution in [0.3, 0.4) is 0 Å². The zero-order valence-corrected chi connectivity index (χ0v) is 17.9. The van der Waals surface area contributed by atoms with Crippen molar-refractivity contribution in [3.05, 3.63) is 95.5 Å². The SMILES string of the molecule is O=C(CSc1nnc(-c2ccccc2)n1-c1ccc(Cl)cc1)N/N=C/c1ccccc1. The number of rotatable bonds is 7. The Morgan fingerprint density at radius 1 is 0.968 bits per heavy atom. The van der Waals surface area contributed by atoms with Gasteiger partial charge in [0.1, 0.15) is 0 Å². The quantitative estimate of drug-likeness (QED) is 0.250. The number of aromatic nitrogens is 3. The molecular formula is C23H18ClN5OS. The van der Waals surface area contributed by atoms with Crippen LogP contribution in [0.5, 0.6) is 0 Å². The van der Waals surface area contributed by atoms with E-state index in [1.54, 1.807) is 6.21 Å². The predicted molar refractivity (Wildman–Crippen MR) is 125 cm³/mol. The summed E-state index contributed by atoms with van der Waals surface area (Å²) in [6, 6.07) is 26.7. The van der Waals surface area contributed by atoms with Crippen molar-refractivity contribution < 1.29 is 4.79 Å². The number of benzene rings is 3. The third-order valence-corrected chi connectivity index (χ3v) is 5.47. The van der Waals surface area contributed by atoms with Crippen molar-refractivity contribution >= 4 is 35.5 Å². The molecule has 0 radical (unpaired) electrons. The molecular weight excluding hydrogens is 430 g/mol. The number of hydrogen-bond donors (Lipinski definition) is 1. The van der Waals surface area contributed by atoms with Gasteiger partial charge in [0.25, 0.3) is 5.91 Å². The minimum Gasteiger partial charge on any atom is -0.272 e. The first-order chi connectivity index (χ1) is 15.2. The smallest absolute Gasteiger partial charge is 0.250 e. The molecule has 0 unspecified atom stereocenters. The Bertz CT molecular complexity index is 1180. The second-order valence-electron chi connectivity index (χ2n) is 6.48. The van der Waals surface area contributed by atoms with Gasteiger partial charge >= 0.3 is 0 Å². The second-order valence-corrected chi connectivity index (χ2v) is 7.86. The normalized spacial score (nSPS) is 11.0. The first-order valence-electron chi connectivity index (χ1n) is 9.47. The Balaban J connectivity index is 1.51. The first-order valence-corrected chi connectivity index (χ1v) is 10.8. The minimum absolute atomic E-state index is 0.145. The highest BCUT2D eigenvalue weighted by Crippen LogP contribution is 2.28. The number of hydrogen-bond acceptors (Lipinski definition) is 5. The van der Waals surface area contributed by atoms with E-state index in [1.807, 2.05) is 89.5 Å². The molecule has 4 aromatic rings. The number of carbonyl (C=O) groups excluding carboxylic acids is 1. The number of hydrazone groups is 1. The van der Waals surface area contributed by atoms with Gasteiger partial charge in [-0.15, -0.1) is 10.2 Å². The van der Waals surface area contributed by atoms with Gasteiger partial charge in [-0.1, -0.05) is 84.0 Å². The van der Waals surface area contributed by atoms with Crippen molar-refractivity contribution in [2.75, 3.05) is 5.75 Å². The Hall–Kier alpha value is -3.42. The van der Waals surface area contributed by atoms with Crippen molar-refractivity contribution in [2.24, 2.45) is 5.10 Å². The van der Waals surface area contributed by atoms with Gasteiger partial charge in [0.2, 0.25) is 0 Å². The van der Waals surface area contributed by atoms with E-state index in [9.17, 15) is 4.79 Å². The van der Waals surface area contributed by atoms with E-state index in [0.29, 0.717) is 16.0 Å². The van der Waals surface area contributed by atoms with Crippen LogP contribution in [0.15, 0.2) is 95.2 Å². The van der Waals surface area contributed by atoms with Crippen LogP contribution in [0.4, 0.5) is 0 Å². The third kappa shape index (κ3) is 5.39. The molecule has 154 valence electrons. The second kappa shape index (κ2) is 10.1. The zero-order chi connectivity index (χ0) is 21.5. The van der Waals surface area contributed by atoms with Crippen LogP contribution >= 0.6 is 23.4 Å². The molecule has 0 saturated carbocycles. The number of thioether (sulfide) groups is 1. The van der Waals surface area contributed by atoms with Crippen LogP contribution in [0.25, 0.3) is 17.1 Å². The van der Waals surface area contributed by atoms with Crippen molar-refractivity contribution in [1.29, 1.82) is 0 Å². The number of carbonyl (C=O) groups is 1. The van der Waals surface area contributed by atoms with Gasteiger partial charge < -0.3 is 0 Å². The molecule has 0 aliphatic rings. The van der Waals surface area contributed by atoms with Crippen LogP contribution in [0.1, 0.15) is 5.56 Å². The summed E-state index contributed by atoms with van der Waals surface area (Å²) in [4.78, 5) is 12.3. The van der Waals surface area contributed by atoms with E-state index >= 15 is 0 Å². The lowest BCUT2D eigenvalue weighted by Gasteiger charge is -2.10. The van der Waals surface area contributed by atoms with Gasteiger partial charge in [-0.25, -0.2) is 5.43 Å². The fourth-order valence-electron chi connectivity index (χ4n) is 2.84. The van der Waals surface area contributed by atoms with Crippen LogP contribution in [0.2, 0.25) is 5.02 Å². The zero-order valence-electron chi connectivity index (χ0n) is 16.4. The third-order valence-electron chi connectivity index (χ3n) is 4.28. The largest absolute Gasteiger partial charge is 0.272 e. The number of nitrogens with one attached hydrogen (secondary N) is 1. The van der Waals surface area contributed by atoms with Gasteiger partial charge in [0.05, 0.1) is 12.0 Å². The Kier molecular flexibility index (Phi) is 6.76. The number of amides is 1. The van der Waals surface area contributed by atoms with E-state index in [-0.39, 0.29) is 11.7 Å². The summed E-state index contributed by atoms with van der Waals surface area (Å²) in [6.07, 6.45) is 1.60. The molecule has 1 heterocycles. The van der Waals surface area contributed by atoms with Crippen LogP contribution in [-0.4, -0.2) is 32.6 Å². The molecule has 8 heteroatoms. The van der Waals surface area contributed by atoms with Crippen molar-refractivity contribution in [2.45, 2.75) is 5.16 Å². The standard InChI is InChI=1S/C23H18ClN5OS/c24-19-11-13-20(14-12-19)29-22(18-9-5-2-6-10-18)27-28-23(29)31-16-21(30)26-25-15-17-7-3-1-4-8-17/h1-15H,16H2,(H,26,30)/b25-15+. The summed E-state index contributed by atoms with van der Waals surface area (Å²) >= 11 is 7.34. The molecule has 3 aromatic carbocycles.